The highest BCUT2D eigenvalue weighted by molar-refractivity contribution is 9.11. The van der Waals surface area contributed by atoms with Gasteiger partial charge >= 0.3 is 11.9 Å². The van der Waals surface area contributed by atoms with Crippen LogP contribution in [-0.2, 0) is 32.7 Å². The number of nitrogens with zero attached hydrogens (tertiary/aromatic N) is 2. The van der Waals surface area contributed by atoms with Crippen LogP contribution in [0.4, 0.5) is 0 Å². The van der Waals surface area contributed by atoms with Gasteiger partial charge < -0.3 is 9.57 Å². The number of hydroxylamine groups is 2. The van der Waals surface area contributed by atoms with Crippen LogP contribution in [0.5, 0.6) is 5.75 Å². The number of carbonyl (C=O) groups excluding carboxylic acids is 4. The number of fused-ring (bicyclic) bond motifs is 2. The van der Waals surface area contributed by atoms with E-state index < -0.39 is 23.8 Å². The molecule has 0 saturated carbocycles. The molecule has 0 atom stereocenters. The van der Waals surface area contributed by atoms with E-state index in [9.17, 15) is 19.2 Å². The van der Waals surface area contributed by atoms with E-state index in [0.717, 1.165) is 27.4 Å². The van der Waals surface area contributed by atoms with E-state index in [2.05, 4.69) is 31.9 Å². The van der Waals surface area contributed by atoms with Crippen LogP contribution in [0.2, 0.25) is 0 Å². The highest BCUT2D eigenvalue weighted by atomic mass is 79.9. The first-order chi connectivity index (χ1) is 18.2. The highest BCUT2D eigenvalue weighted by Gasteiger charge is 2.32. The van der Waals surface area contributed by atoms with Gasteiger partial charge in [0.1, 0.15) is 7.05 Å². The number of hydrogen-bond acceptors (Lipinski definition) is 6. The fourth-order valence-electron chi connectivity index (χ4n) is 4.50. The summed E-state index contributed by atoms with van der Waals surface area (Å²) in [4.78, 5) is 54.0. The molecular weight excluding hydrogens is 620 g/mol. The fourth-order valence-corrected chi connectivity index (χ4v) is 5.94. The number of hydrogen-bond donors (Lipinski definition) is 0. The fraction of sp³-hybridized carbons (Fsp3) is 0.179. The SMILES string of the molecule is C[n+]1c2ccccc2c(C(=O)Oc2c(Br)cc(CCC(=O)ON3C(=O)CCC3=O)cc2Br)c2ccccc21. The monoisotopic (exact) mass is 639 g/mol. The molecule has 4 aromatic rings. The number of pyridine rings is 1. The lowest BCUT2D eigenvalue weighted by Crippen LogP contribution is -2.32. The summed E-state index contributed by atoms with van der Waals surface area (Å²) in [6, 6.07) is 18.8. The van der Waals surface area contributed by atoms with Crippen LogP contribution >= 0.6 is 31.9 Å². The summed E-state index contributed by atoms with van der Waals surface area (Å²) < 4.78 is 8.97. The molecule has 0 N–H and O–H groups in total. The number of amides is 2. The van der Waals surface area contributed by atoms with Crippen LogP contribution in [-0.4, -0.2) is 28.8 Å². The summed E-state index contributed by atoms with van der Waals surface area (Å²) in [6.45, 7) is 0. The molecule has 1 saturated heterocycles. The van der Waals surface area contributed by atoms with Crippen molar-refractivity contribution in [1.29, 1.82) is 0 Å². The van der Waals surface area contributed by atoms with Crippen LogP contribution in [0.1, 0.15) is 35.2 Å². The normalized spacial score (nSPS) is 13.4. The van der Waals surface area contributed by atoms with Gasteiger partial charge in [-0.3, -0.25) is 9.59 Å². The summed E-state index contributed by atoms with van der Waals surface area (Å²) in [5.74, 6) is -1.93. The summed E-state index contributed by atoms with van der Waals surface area (Å²) in [5, 5.41) is 2.08. The van der Waals surface area contributed by atoms with Crippen molar-refractivity contribution in [2.75, 3.05) is 0 Å². The molecule has 2 amide bonds. The van der Waals surface area contributed by atoms with Crippen LogP contribution < -0.4 is 9.30 Å². The van der Waals surface area contributed by atoms with E-state index in [1.54, 1.807) is 12.1 Å². The van der Waals surface area contributed by atoms with Crippen molar-refractivity contribution in [2.45, 2.75) is 25.7 Å². The summed E-state index contributed by atoms with van der Waals surface area (Å²) >= 11 is 6.96. The predicted molar refractivity (Wildman–Crippen MR) is 145 cm³/mol. The van der Waals surface area contributed by atoms with Gasteiger partial charge in [0.05, 0.1) is 31.7 Å². The molecule has 192 valence electrons. The van der Waals surface area contributed by atoms with Gasteiger partial charge in [-0.2, -0.15) is 4.57 Å². The molecule has 5 rings (SSSR count). The van der Waals surface area contributed by atoms with Gasteiger partial charge in [0.25, 0.3) is 11.8 Å². The minimum atomic E-state index is -0.688. The number of carbonyl (C=O) groups is 4. The van der Waals surface area contributed by atoms with E-state index in [1.165, 1.54) is 0 Å². The Balaban J connectivity index is 1.37. The Bertz CT molecular complexity index is 1560. The molecule has 0 aliphatic carbocycles. The lowest BCUT2D eigenvalue weighted by atomic mass is 10.0. The number of aryl methyl sites for hydroxylation is 2. The van der Waals surface area contributed by atoms with Gasteiger partial charge in [-0.15, -0.1) is 5.06 Å². The molecule has 1 aliphatic heterocycles. The van der Waals surface area contributed by atoms with Gasteiger partial charge in [0.15, 0.2) is 5.75 Å². The molecule has 0 radical (unpaired) electrons. The topological polar surface area (TPSA) is 93.9 Å². The molecule has 8 nitrogen and oxygen atoms in total. The van der Waals surface area contributed by atoms with Crippen LogP contribution in [0.15, 0.2) is 69.6 Å². The Kier molecular flexibility index (Phi) is 7.27. The van der Waals surface area contributed by atoms with Gasteiger partial charge in [-0.05, 0) is 68.1 Å². The molecule has 3 aromatic carbocycles. The number of halogens is 2. The largest absolute Gasteiger partial charge is 0.420 e. The van der Waals surface area contributed by atoms with Crippen molar-refractivity contribution in [2.24, 2.45) is 7.05 Å². The first-order valence-corrected chi connectivity index (χ1v) is 13.4. The number of esters is 1. The van der Waals surface area contributed by atoms with E-state index in [4.69, 9.17) is 9.57 Å². The molecular formula is C28H21Br2N2O6+. The van der Waals surface area contributed by atoms with Crippen LogP contribution in [0, 0.1) is 0 Å². The maximum absolute atomic E-state index is 13.6. The van der Waals surface area contributed by atoms with E-state index in [-0.39, 0.29) is 25.7 Å². The minimum absolute atomic E-state index is 0.0409. The predicted octanol–water partition coefficient (Wildman–Crippen LogP) is 5.10. The second-order valence-corrected chi connectivity index (χ2v) is 10.5. The average molecular weight is 641 g/mol. The number of imide groups is 1. The Morgan fingerprint density at radius 3 is 1.97 bits per heavy atom. The van der Waals surface area contributed by atoms with Crippen molar-refractivity contribution < 1.29 is 33.3 Å². The third-order valence-electron chi connectivity index (χ3n) is 6.34. The first-order valence-electron chi connectivity index (χ1n) is 11.8. The minimum Gasteiger partial charge on any atom is -0.420 e. The van der Waals surface area contributed by atoms with Crippen LogP contribution in [0.25, 0.3) is 21.8 Å². The summed E-state index contributed by atoms with van der Waals surface area (Å²) in [5.41, 5.74) is 3.01. The Morgan fingerprint density at radius 1 is 0.895 bits per heavy atom. The first kappa shape index (κ1) is 26.0. The number of rotatable bonds is 6. The van der Waals surface area contributed by atoms with Gasteiger partial charge in [-0.25, -0.2) is 9.59 Å². The van der Waals surface area contributed by atoms with E-state index >= 15 is 0 Å². The zero-order valence-corrected chi connectivity index (χ0v) is 23.4. The molecule has 0 spiro atoms. The third-order valence-corrected chi connectivity index (χ3v) is 7.52. The third kappa shape index (κ3) is 4.93. The molecule has 10 heteroatoms. The van der Waals surface area contributed by atoms with Gasteiger partial charge in [0.2, 0.25) is 11.0 Å². The molecule has 0 unspecified atom stereocenters. The number of ether oxygens (including phenoxy) is 1. The average Bonchev–Trinajstić information content (AvgIpc) is 3.22. The second kappa shape index (κ2) is 10.6. The summed E-state index contributed by atoms with van der Waals surface area (Å²) in [6.07, 6.45) is 0.317. The van der Waals surface area contributed by atoms with Crippen molar-refractivity contribution >= 4 is 77.4 Å². The highest BCUT2D eigenvalue weighted by Crippen LogP contribution is 2.37. The number of aromatic nitrogens is 1. The molecule has 2 heterocycles. The Morgan fingerprint density at radius 2 is 1.42 bits per heavy atom. The summed E-state index contributed by atoms with van der Waals surface area (Å²) in [7, 11) is 1.96. The van der Waals surface area contributed by atoms with Crippen molar-refractivity contribution in [3.63, 3.8) is 0 Å². The Labute approximate surface area is 234 Å². The number of para-hydroxylation sites is 2. The Hall–Kier alpha value is -3.63. The lowest BCUT2D eigenvalue weighted by Gasteiger charge is -2.14. The zero-order chi connectivity index (χ0) is 27.0. The zero-order valence-electron chi connectivity index (χ0n) is 20.2. The standard InChI is InChI=1S/C28H21Br2N2O6/c1-31-21-8-4-2-6-17(21)26(18-7-3-5-9-22(18)31)28(36)37-27-19(29)14-16(15-20(27)30)10-13-25(35)38-32-23(33)11-12-24(32)34/h2-9,14-15H,10-13H2,1H3/q+1. The quantitative estimate of drug-likeness (QED) is 0.0957. The van der Waals surface area contributed by atoms with Crippen molar-refractivity contribution in [3.05, 3.63) is 80.7 Å². The molecule has 1 aromatic heterocycles. The maximum atomic E-state index is 13.6. The van der Waals surface area contributed by atoms with Gasteiger partial charge in [-0.1, -0.05) is 24.3 Å². The molecule has 0 bridgehead atoms. The number of benzene rings is 3. The molecule has 1 aliphatic rings. The lowest BCUT2D eigenvalue weighted by molar-refractivity contribution is -0.617. The maximum Gasteiger partial charge on any atom is 0.345 e. The second-order valence-electron chi connectivity index (χ2n) is 8.79. The smallest absolute Gasteiger partial charge is 0.345 e. The van der Waals surface area contributed by atoms with E-state index in [1.807, 2.05) is 60.1 Å². The van der Waals surface area contributed by atoms with Gasteiger partial charge in [0, 0.05) is 25.0 Å². The van der Waals surface area contributed by atoms with Crippen molar-refractivity contribution in [1.82, 2.24) is 5.06 Å². The molecule has 38 heavy (non-hydrogen) atoms. The van der Waals surface area contributed by atoms with Crippen molar-refractivity contribution in [3.8, 4) is 5.75 Å². The molecule has 1 fully saturated rings. The van der Waals surface area contributed by atoms with Crippen LogP contribution in [0.3, 0.4) is 0 Å². The van der Waals surface area contributed by atoms with E-state index in [0.29, 0.717) is 25.3 Å².